The van der Waals surface area contributed by atoms with Crippen LogP contribution in [0.5, 0.6) is 0 Å². The monoisotopic (exact) mass is 267 g/mol. The minimum Gasteiger partial charge on any atom is -0.313 e. The first-order valence-corrected chi connectivity index (χ1v) is 6.68. The second-order valence-electron chi connectivity index (χ2n) is 6.89. The van der Waals surface area contributed by atoms with E-state index in [1.165, 1.54) is 0 Å². The van der Waals surface area contributed by atoms with Gasteiger partial charge in [-0.05, 0) is 39.2 Å². The lowest BCUT2D eigenvalue weighted by molar-refractivity contribution is -0.169. The molecule has 0 spiro atoms. The van der Waals surface area contributed by atoms with Gasteiger partial charge in [-0.25, -0.2) is 0 Å². The van der Waals surface area contributed by atoms with E-state index in [0.29, 0.717) is 12.1 Å². The van der Waals surface area contributed by atoms with Crippen molar-refractivity contribution in [2.24, 2.45) is 16.7 Å². The second kappa shape index (κ2) is 4.84. The van der Waals surface area contributed by atoms with Gasteiger partial charge in [0, 0.05) is 12.0 Å². The molecule has 4 nitrogen and oxygen atoms in total. The maximum atomic E-state index is 12.5. The van der Waals surface area contributed by atoms with Crippen molar-refractivity contribution in [3.05, 3.63) is 12.2 Å². The number of hydrogen-bond acceptors (Lipinski definition) is 4. The molecule has 1 fully saturated rings. The topological polar surface area (TPSA) is 57.6 Å². The van der Waals surface area contributed by atoms with E-state index in [0.717, 1.165) is 5.06 Å². The van der Waals surface area contributed by atoms with Crippen molar-refractivity contribution < 1.29 is 14.8 Å². The first-order chi connectivity index (χ1) is 8.44. The highest BCUT2D eigenvalue weighted by atomic mass is 16.5. The third kappa shape index (κ3) is 2.51. The Morgan fingerprint density at radius 1 is 1.21 bits per heavy atom. The van der Waals surface area contributed by atoms with Crippen LogP contribution in [0.1, 0.15) is 41.5 Å². The summed E-state index contributed by atoms with van der Waals surface area (Å²) in [6.07, 6.45) is 0. The van der Waals surface area contributed by atoms with Crippen molar-refractivity contribution in [2.75, 3.05) is 6.54 Å². The summed E-state index contributed by atoms with van der Waals surface area (Å²) in [5, 5.41) is 11.2. The van der Waals surface area contributed by atoms with Crippen LogP contribution in [0.2, 0.25) is 0 Å². The first-order valence-electron chi connectivity index (χ1n) is 6.68. The molecule has 0 aromatic carbocycles. The average molecular weight is 267 g/mol. The number of ketones is 2. The highest BCUT2D eigenvalue weighted by Crippen LogP contribution is 2.44. The lowest BCUT2D eigenvalue weighted by atomic mass is 9.59. The SMILES string of the molecule is C=C1C(N(O)CC(C)C)C(=O)C(C)(C)C(=O)C1(C)C. The maximum absolute atomic E-state index is 12.5. The molecule has 0 bridgehead atoms. The molecule has 1 N–H and O–H groups in total. The lowest BCUT2D eigenvalue weighted by Crippen LogP contribution is -2.60. The Morgan fingerprint density at radius 2 is 1.68 bits per heavy atom. The van der Waals surface area contributed by atoms with E-state index in [2.05, 4.69) is 6.58 Å². The highest BCUT2D eigenvalue weighted by molar-refractivity contribution is 6.15. The smallest absolute Gasteiger partial charge is 0.169 e. The molecule has 0 saturated heterocycles. The van der Waals surface area contributed by atoms with Crippen LogP contribution in [0.4, 0.5) is 0 Å². The zero-order valence-corrected chi connectivity index (χ0v) is 12.8. The Bertz CT molecular complexity index is 391. The van der Waals surface area contributed by atoms with Crippen molar-refractivity contribution in [3.63, 3.8) is 0 Å². The van der Waals surface area contributed by atoms with Gasteiger partial charge >= 0.3 is 0 Å². The van der Waals surface area contributed by atoms with Gasteiger partial charge in [0.05, 0.1) is 5.41 Å². The summed E-state index contributed by atoms with van der Waals surface area (Å²) in [6.45, 7) is 15.0. The van der Waals surface area contributed by atoms with Crippen LogP contribution >= 0.6 is 0 Å². The molecule has 0 aromatic rings. The minimum atomic E-state index is -1.09. The molecule has 108 valence electrons. The van der Waals surface area contributed by atoms with Crippen molar-refractivity contribution >= 4 is 11.6 Å². The van der Waals surface area contributed by atoms with Crippen molar-refractivity contribution in [3.8, 4) is 0 Å². The van der Waals surface area contributed by atoms with Crippen LogP contribution in [0.3, 0.4) is 0 Å². The predicted molar refractivity (Wildman–Crippen MR) is 73.8 cm³/mol. The van der Waals surface area contributed by atoms with Crippen LogP contribution in [-0.4, -0.2) is 34.4 Å². The summed E-state index contributed by atoms with van der Waals surface area (Å²) in [7, 11) is 0. The molecule has 0 radical (unpaired) electrons. The summed E-state index contributed by atoms with van der Waals surface area (Å²) < 4.78 is 0. The molecule has 1 atom stereocenters. The number of hydrogen-bond donors (Lipinski definition) is 1. The van der Waals surface area contributed by atoms with E-state index in [1.807, 2.05) is 13.8 Å². The largest absolute Gasteiger partial charge is 0.313 e. The molecule has 4 heteroatoms. The predicted octanol–water partition coefficient (Wildman–Crippen LogP) is 2.46. The molecular weight excluding hydrogens is 242 g/mol. The third-order valence-corrected chi connectivity index (χ3v) is 3.98. The van der Waals surface area contributed by atoms with E-state index in [9.17, 15) is 14.8 Å². The Hall–Kier alpha value is -1.00. The molecular formula is C15H25NO3. The maximum Gasteiger partial charge on any atom is 0.169 e. The van der Waals surface area contributed by atoms with Gasteiger partial charge in [-0.2, -0.15) is 5.06 Å². The summed E-state index contributed by atoms with van der Waals surface area (Å²) in [5.41, 5.74) is -1.42. The average Bonchev–Trinajstić information content (AvgIpc) is 2.25. The van der Waals surface area contributed by atoms with Gasteiger partial charge in [-0.15, -0.1) is 0 Å². The molecule has 1 saturated carbocycles. The number of hydroxylamine groups is 2. The summed E-state index contributed by atoms with van der Waals surface area (Å²) in [5.74, 6) is -0.191. The van der Waals surface area contributed by atoms with E-state index < -0.39 is 16.9 Å². The standard InChI is InChI=1S/C15H25NO3/c1-9(2)8-16(19)11-10(3)14(4,5)13(18)15(6,7)12(11)17/h9,11,19H,3,8H2,1-2,4-7H3. The van der Waals surface area contributed by atoms with Crippen molar-refractivity contribution in [1.82, 2.24) is 5.06 Å². The molecule has 0 amide bonds. The molecule has 0 aliphatic heterocycles. The lowest BCUT2D eigenvalue weighted by Gasteiger charge is -2.45. The zero-order chi connectivity index (χ0) is 15.2. The van der Waals surface area contributed by atoms with Gasteiger partial charge in [-0.3, -0.25) is 9.59 Å². The molecule has 0 aromatic heterocycles. The number of nitrogens with zero attached hydrogens (tertiary/aromatic N) is 1. The number of rotatable bonds is 3. The van der Waals surface area contributed by atoms with Crippen molar-refractivity contribution in [1.29, 1.82) is 0 Å². The fourth-order valence-corrected chi connectivity index (χ4v) is 2.68. The van der Waals surface area contributed by atoms with Crippen LogP contribution < -0.4 is 0 Å². The van der Waals surface area contributed by atoms with Gasteiger partial charge in [0.2, 0.25) is 0 Å². The summed E-state index contributed by atoms with van der Waals surface area (Å²) in [4.78, 5) is 24.9. The van der Waals surface area contributed by atoms with Gasteiger partial charge in [0.1, 0.15) is 6.04 Å². The molecule has 1 rings (SSSR count). The third-order valence-electron chi connectivity index (χ3n) is 3.98. The first kappa shape index (κ1) is 16.1. The van der Waals surface area contributed by atoms with Crippen LogP contribution in [0, 0.1) is 16.7 Å². The minimum absolute atomic E-state index is 0.135. The second-order valence-corrected chi connectivity index (χ2v) is 6.89. The van der Waals surface area contributed by atoms with E-state index in [4.69, 9.17) is 0 Å². The Labute approximate surface area is 115 Å². The quantitative estimate of drug-likeness (QED) is 0.485. The van der Waals surface area contributed by atoms with Crippen LogP contribution in [0.25, 0.3) is 0 Å². The Morgan fingerprint density at radius 3 is 2.11 bits per heavy atom. The highest BCUT2D eigenvalue weighted by Gasteiger charge is 2.56. The van der Waals surface area contributed by atoms with E-state index in [-0.39, 0.29) is 17.5 Å². The van der Waals surface area contributed by atoms with Crippen molar-refractivity contribution in [2.45, 2.75) is 47.6 Å². The van der Waals surface area contributed by atoms with Gasteiger partial charge in [-0.1, -0.05) is 20.4 Å². The van der Waals surface area contributed by atoms with Gasteiger partial charge < -0.3 is 5.21 Å². The molecule has 0 heterocycles. The fourth-order valence-electron chi connectivity index (χ4n) is 2.68. The summed E-state index contributed by atoms with van der Waals surface area (Å²) in [6, 6.07) is -0.801. The summed E-state index contributed by atoms with van der Waals surface area (Å²) >= 11 is 0. The Balaban J connectivity index is 3.21. The van der Waals surface area contributed by atoms with Crippen LogP contribution in [-0.2, 0) is 9.59 Å². The van der Waals surface area contributed by atoms with Gasteiger partial charge in [0.15, 0.2) is 11.6 Å². The normalized spacial score (nSPS) is 26.4. The van der Waals surface area contributed by atoms with Crippen LogP contribution in [0.15, 0.2) is 12.2 Å². The number of carbonyl (C=O) groups excluding carboxylic acids is 2. The van der Waals surface area contributed by atoms with E-state index >= 15 is 0 Å². The van der Waals surface area contributed by atoms with E-state index in [1.54, 1.807) is 27.7 Å². The fraction of sp³-hybridized carbons (Fsp3) is 0.733. The molecule has 1 aliphatic carbocycles. The number of carbonyl (C=O) groups is 2. The molecule has 1 unspecified atom stereocenters. The Kier molecular flexibility index (Phi) is 4.09. The van der Waals surface area contributed by atoms with Gasteiger partial charge in [0.25, 0.3) is 0 Å². The molecule has 19 heavy (non-hydrogen) atoms. The molecule has 1 aliphatic rings. The number of Topliss-reactive ketones (excluding diaryl/α,β-unsaturated/α-hetero) is 2. The zero-order valence-electron chi connectivity index (χ0n) is 12.8.